The third-order valence-corrected chi connectivity index (χ3v) is 5.98. The van der Waals surface area contributed by atoms with Crippen molar-refractivity contribution < 1.29 is 19.1 Å². The highest BCUT2D eigenvalue weighted by atomic mass is 32.1. The Balaban J connectivity index is 1.27. The summed E-state index contributed by atoms with van der Waals surface area (Å²) in [5.41, 5.74) is 0.847. The minimum Gasteiger partial charge on any atom is -0.483 e. The maximum absolute atomic E-state index is 12.6. The number of hydrogen-bond acceptors (Lipinski definition) is 6. The van der Waals surface area contributed by atoms with Gasteiger partial charge in [0.25, 0.3) is 5.91 Å². The number of carbonyl (C=O) groups is 2. The second-order valence-corrected chi connectivity index (χ2v) is 8.95. The van der Waals surface area contributed by atoms with Crippen molar-refractivity contribution in [3.63, 3.8) is 0 Å². The van der Waals surface area contributed by atoms with Gasteiger partial charge < -0.3 is 19.7 Å². The molecule has 2 aliphatic heterocycles. The predicted molar refractivity (Wildman–Crippen MR) is 110 cm³/mol. The van der Waals surface area contributed by atoms with Gasteiger partial charge in [0.15, 0.2) is 23.2 Å². The Bertz CT molecular complexity index is 889. The first-order chi connectivity index (χ1) is 13.9. The molecular formula is C21H25N3O4S. The Morgan fingerprint density at radius 2 is 2.14 bits per heavy atom. The monoisotopic (exact) mass is 415 g/mol. The second-order valence-electron chi connectivity index (χ2n) is 8.05. The highest BCUT2D eigenvalue weighted by Crippen LogP contribution is 2.41. The molecule has 1 fully saturated rings. The fraction of sp³-hybridized carbons (Fsp3) is 0.476. The van der Waals surface area contributed by atoms with E-state index in [-0.39, 0.29) is 29.9 Å². The van der Waals surface area contributed by atoms with Crippen LogP contribution in [0.5, 0.6) is 11.5 Å². The zero-order chi connectivity index (χ0) is 20.4. The van der Waals surface area contributed by atoms with Crippen LogP contribution in [0, 0.1) is 5.92 Å². The van der Waals surface area contributed by atoms with E-state index in [9.17, 15) is 9.59 Å². The quantitative estimate of drug-likeness (QED) is 0.812. The molecule has 1 aromatic heterocycles. The number of benzene rings is 1. The number of likely N-dealkylation sites (tertiary alicyclic amines) is 1. The number of hydrogen-bond donors (Lipinski definition) is 1. The van der Waals surface area contributed by atoms with E-state index in [2.05, 4.69) is 10.3 Å². The van der Waals surface area contributed by atoms with Gasteiger partial charge in [-0.1, -0.05) is 12.1 Å². The maximum atomic E-state index is 12.6. The number of ether oxygens (including phenoxy) is 2. The van der Waals surface area contributed by atoms with Crippen LogP contribution in [-0.4, -0.2) is 47.0 Å². The predicted octanol–water partition coefficient (Wildman–Crippen LogP) is 3.11. The number of fused-ring (bicyclic) bond motifs is 1. The van der Waals surface area contributed by atoms with Gasteiger partial charge in [-0.3, -0.25) is 9.59 Å². The molecule has 0 atom stereocenters. The average Bonchev–Trinajstić information content (AvgIpc) is 3.32. The van der Waals surface area contributed by atoms with Crippen LogP contribution in [0.1, 0.15) is 32.3 Å². The lowest BCUT2D eigenvalue weighted by Gasteiger charge is -2.31. The molecule has 7 nitrogen and oxygen atoms in total. The second kappa shape index (κ2) is 8.02. The number of thiazole rings is 1. The van der Waals surface area contributed by atoms with Crippen molar-refractivity contribution in [2.75, 3.05) is 25.0 Å². The van der Waals surface area contributed by atoms with E-state index in [0.717, 1.165) is 17.7 Å². The van der Waals surface area contributed by atoms with Crippen molar-refractivity contribution in [1.29, 1.82) is 0 Å². The molecule has 2 aliphatic rings. The van der Waals surface area contributed by atoms with Gasteiger partial charge in [-0.05, 0) is 32.8 Å². The molecule has 2 amide bonds. The van der Waals surface area contributed by atoms with Gasteiger partial charge in [0.05, 0.1) is 0 Å². The molecule has 0 saturated carbocycles. The molecule has 1 N–H and O–H groups in total. The third kappa shape index (κ3) is 4.53. The minimum absolute atomic E-state index is 0.0251. The Morgan fingerprint density at radius 1 is 1.34 bits per heavy atom. The molecule has 8 heteroatoms. The zero-order valence-electron chi connectivity index (χ0n) is 16.6. The fourth-order valence-corrected chi connectivity index (χ4v) is 4.35. The van der Waals surface area contributed by atoms with E-state index in [1.165, 1.54) is 11.3 Å². The van der Waals surface area contributed by atoms with E-state index in [1.54, 1.807) is 11.1 Å². The summed E-state index contributed by atoms with van der Waals surface area (Å²) in [6.45, 7) is 5.15. The Labute approximate surface area is 174 Å². The Hall–Kier alpha value is -2.61. The molecule has 2 aromatic rings. The van der Waals surface area contributed by atoms with Crippen LogP contribution in [0.2, 0.25) is 0 Å². The summed E-state index contributed by atoms with van der Waals surface area (Å²) in [6.07, 6.45) is 3.77. The van der Waals surface area contributed by atoms with Gasteiger partial charge in [0.2, 0.25) is 5.91 Å². The van der Waals surface area contributed by atoms with E-state index in [1.807, 2.05) is 37.4 Å². The summed E-state index contributed by atoms with van der Waals surface area (Å²) in [7, 11) is 0. The maximum Gasteiger partial charge on any atom is 0.260 e. The lowest BCUT2D eigenvalue weighted by molar-refractivity contribution is -0.136. The number of nitrogens with zero attached hydrogens (tertiary/aromatic N) is 2. The molecular weight excluding hydrogens is 390 g/mol. The number of para-hydroxylation sites is 1. The number of piperidine rings is 1. The number of anilines is 1. The van der Waals surface area contributed by atoms with Crippen molar-refractivity contribution in [2.45, 2.75) is 38.7 Å². The first-order valence-corrected chi connectivity index (χ1v) is 10.7. The van der Waals surface area contributed by atoms with Crippen molar-refractivity contribution in [1.82, 2.24) is 9.88 Å². The number of nitrogens with one attached hydrogen (secondary N) is 1. The lowest BCUT2D eigenvalue weighted by atomic mass is 9.96. The standard InChI is InChI=1S/C21H25N3O4S/c1-21(2)12-15-4-3-5-16(18(15)28-21)27-13-17(25)24-9-6-14(7-10-24)19(26)23-20-22-8-11-29-20/h3-5,8,11,14H,6-7,9-10,12-13H2,1-2H3,(H,22,23,26). The SMILES string of the molecule is CC1(C)Cc2cccc(OCC(=O)N3CCC(C(=O)Nc4nccs4)CC3)c2O1. The topological polar surface area (TPSA) is 80.8 Å². The summed E-state index contributed by atoms with van der Waals surface area (Å²) in [4.78, 5) is 30.8. The van der Waals surface area contributed by atoms with E-state index < -0.39 is 0 Å². The van der Waals surface area contributed by atoms with Gasteiger partial charge >= 0.3 is 0 Å². The minimum atomic E-state index is -0.257. The van der Waals surface area contributed by atoms with Gasteiger partial charge in [-0.25, -0.2) is 4.98 Å². The Morgan fingerprint density at radius 3 is 2.86 bits per heavy atom. The van der Waals surface area contributed by atoms with Crippen molar-refractivity contribution in [3.8, 4) is 11.5 Å². The van der Waals surface area contributed by atoms with Crippen LogP contribution >= 0.6 is 11.3 Å². The van der Waals surface area contributed by atoms with Gasteiger partial charge in [0.1, 0.15) is 5.60 Å². The summed E-state index contributed by atoms with van der Waals surface area (Å²) in [6, 6.07) is 5.79. The fourth-order valence-electron chi connectivity index (χ4n) is 3.82. The number of rotatable bonds is 5. The van der Waals surface area contributed by atoms with Crippen LogP contribution in [0.3, 0.4) is 0 Å². The molecule has 0 bridgehead atoms. The lowest BCUT2D eigenvalue weighted by Crippen LogP contribution is -2.43. The molecule has 154 valence electrons. The van der Waals surface area contributed by atoms with Gasteiger partial charge in [-0.2, -0.15) is 0 Å². The van der Waals surface area contributed by atoms with Crippen LogP contribution in [0.4, 0.5) is 5.13 Å². The Kier molecular flexibility index (Phi) is 5.45. The van der Waals surface area contributed by atoms with Crippen LogP contribution in [0.15, 0.2) is 29.8 Å². The largest absolute Gasteiger partial charge is 0.483 e. The molecule has 0 radical (unpaired) electrons. The van der Waals surface area contributed by atoms with E-state index in [0.29, 0.717) is 36.8 Å². The first-order valence-electron chi connectivity index (χ1n) is 9.83. The van der Waals surface area contributed by atoms with E-state index >= 15 is 0 Å². The molecule has 29 heavy (non-hydrogen) atoms. The zero-order valence-corrected chi connectivity index (χ0v) is 17.5. The number of amides is 2. The number of aromatic nitrogens is 1. The average molecular weight is 416 g/mol. The summed E-state index contributed by atoms with van der Waals surface area (Å²) >= 11 is 1.40. The highest BCUT2D eigenvalue weighted by molar-refractivity contribution is 7.13. The van der Waals surface area contributed by atoms with Crippen LogP contribution in [0.25, 0.3) is 0 Å². The molecule has 1 aromatic carbocycles. The van der Waals surface area contributed by atoms with Crippen LogP contribution < -0.4 is 14.8 Å². The first kappa shape index (κ1) is 19.7. The van der Waals surface area contributed by atoms with Gasteiger partial charge in [-0.15, -0.1) is 11.3 Å². The highest BCUT2D eigenvalue weighted by Gasteiger charge is 2.33. The number of carbonyl (C=O) groups excluding carboxylic acids is 2. The van der Waals surface area contributed by atoms with Gasteiger partial charge in [0, 0.05) is 42.6 Å². The summed E-state index contributed by atoms with van der Waals surface area (Å²) in [5.74, 6) is 1.15. The molecule has 3 heterocycles. The molecule has 0 aliphatic carbocycles. The van der Waals surface area contributed by atoms with Crippen molar-refractivity contribution in [3.05, 3.63) is 35.3 Å². The normalized spacial score (nSPS) is 18.1. The summed E-state index contributed by atoms with van der Waals surface area (Å²) in [5, 5.41) is 5.28. The van der Waals surface area contributed by atoms with E-state index in [4.69, 9.17) is 9.47 Å². The third-order valence-electron chi connectivity index (χ3n) is 5.29. The molecule has 0 spiro atoms. The van der Waals surface area contributed by atoms with Crippen molar-refractivity contribution >= 4 is 28.3 Å². The van der Waals surface area contributed by atoms with Crippen LogP contribution in [-0.2, 0) is 16.0 Å². The molecule has 1 saturated heterocycles. The van der Waals surface area contributed by atoms with Crippen molar-refractivity contribution in [2.24, 2.45) is 5.92 Å². The summed E-state index contributed by atoms with van der Waals surface area (Å²) < 4.78 is 11.8. The molecule has 4 rings (SSSR count). The molecule has 0 unspecified atom stereocenters. The smallest absolute Gasteiger partial charge is 0.260 e.